The van der Waals surface area contributed by atoms with E-state index in [1.165, 1.54) is 70.6 Å². The third-order valence-electron chi connectivity index (χ3n) is 6.97. The fourth-order valence-corrected chi connectivity index (χ4v) is 5.27. The predicted molar refractivity (Wildman–Crippen MR) is 105 cm³/mol. The summed E-state index contributed by atoms with van der Waals surface area (Å²) in [6.07, 6.45) is 22.3. The molecular formula is C23H44O. The van der Waals surface area contributed by atoms with Crippen molar-refractivity contribution in [2.45, 2.75) is 110 Å². The first-order valence-corrected chi connectivity index (χ1v) is 11.4. The summed E-state index contributed by atoms with van der Waals surface area (Å²) >= 11 is 0. The van der Waals surface area contributed by atoms with Gasteiger partial charge in [0.15, 0.2) is 0 Å². The van der Waals surface area contributed by atoms with E-state index >= 15 is 0 Å². The molecule has 0 aromatic rings. The maximum atomic E-state index is 5.64. The Morgan fingerprint density at radius 2 is 1.17 bits per heavy atom. The van der Waals surface area contributed by atoms with Gasteiger partial charge in [0.05, 0.1) is 0 Å². The molecule has 0 saturated heterocycles. The van der Waals surface area contributed by atoms with Crippen LogP contribution in [0.25, 0.3) is 0 Å². The van der Waals surface area contributed by atoms with E-state index in [0.29, 0.717) is 0 Å². The van der Waals surface area contributed by atoms with Crippen LogP contribution in [0, 0.1) is 23.7 Å². The van der Waals surface area contributed by atoms with Crippen LogP contribution in [0.2, 0.25) is 0 Å². The van der Waals surface area contributed by atoms with Crippen LogP contribution < -0.4 is 0 Å². The second kappa shape index (κ2) is 12.3. The average molecular weight is 337 g/mol. The van der Waals surface area contributed by atoms with Crippen LogP contribution in [0.15, 0.2) is 0 Å². The van der Waals surface area contributed by atoms with E-state index in [1.54, 1.807) is 25.7 Å². The number of unbranched alkanes of at least 4 members (excludes halogenated alkanes) is 5. The molecule has 0 aromatic carbocycles. The maximum absolute atomic E-state index is 5.64. The summed E-state index contributed by atoms with van der Waals surface area (Å²) in [6.45, 7) is 6.34. The van der Waals surface area contributed by atoms with E-state index in [4.69, 9.17) is 4.74 Å². The van der Waals surface area contributed by atoms with Crippen LogP contribution in [0.3, 0.4) is 0 Å². The quantitative estimate of drug-likeness (QED) is 0.357. The van der Waals surface area contributed by atoms with Crippen LogP contribution in [0.4, 0.5) is 0 Å². The predicted octanol–water partition coefficient (Wildman–Crippen LogP) is 7.39. The number of rotatable bonds is 11. The van der Waals surface area contributed by atoms with Crippen molar-refractivity contribution in [3.05, 3.63) is 0 Å². The zero-order valence-corrected chi connectivity index (χ0v) is 16.7. The van der Waals surface area contributed by atoms with Crippen LogP contribution in [0.5, 0.6) is 0 Å². The van der Waals surface area contributed by atoms with Gasteiger partial charge in [-0.1, -0.05) is 64.7 Å². The average Bonchev–Trinajstić information content (AvgIpc) is 2.64. The molecule has 0 amide bonds. The second-order valence-corrected chi connectivity index (χ2v) is 8.78. The summed E-state index contributed by atoms with van der Waals surface area (Å²) in [4.78, 5) is 0. The highest BCUT2D eigenvalue weighted by atomic mass is 16.5. The molecule has 0 radical (unpaired) electrons. The number of ether oxygens (including phenoxy) is 1. The lowest BCUT2D eigenvalue weighted by molar-refractivity contribution is 0.0710. The molecule has 0 aromatic heterocycles. The number of hydrogen-bond acceptors (Lipinski definition) is 1. The summed E-state index contributed by atoms with van der Waals surface area (Å²) in [6, 6.07) is 0. The SMILES string of the molecule is CCCCCCCC[C@H]1CC[C@H]([C@H]2CC[C@H](COCC)CC2)CC1. The first-order valence-electron chi connectivity index (χ1n) is 11.4. The summed E-state index contributed by atoms with van der Waals surface area (Å²) in [5.41, 5.74) is 0. The van der Waals surface area contributed by atoms with E-state index in [0.717, 1.165) is 36.9 Å². The summed E-state index contributed by atoms with van der Waals surface area (Å²) in [5, 5.41) is 0. The Kier molecular flexibility index (Phi) is 10.4. The van der Waals surface area contributed by atoms with Crippen molar-refractivity contribution in [3.63, 3.8) is 0 Å². The van der Waals surface area contributed by atoms with Crippen molar-refractivity contribution < 1.29 is 4.74 Å². The molecule has 24 heavy (non-hydrogen) atoms. The van der Waals surface area contributed by atoms with E-state index in [2.05, 4.69) is 13.8 Å². The van der Waals surface area contributed by atoms with E-state index in [1.807, 2.05) is 0 Å². The fourth-order valence-electron chi connectivity index (χ4n) is 5.27. The van der Waals surface area contributed by atoms with Gasteiger partial charge in [0.1, 0.15) is 0 Å². The minimum Gasteiger partial charge on any atom is -0.381 e. The Labute approximate surface area is 152 Å². The number of hydrogen-bond donors (Lipinski definition) is 0. The van der Waals surface area contributed by atoms with Gasteiger partial charge < -0.3 is 4.74 Å². The topological polar surface area (TPSA) is 9.23 Å². The van der Waals surface area contributed by atoms with Gasteiger partial charge in [-0.2, -0.15) is 0 Å². The second-order valence-electron chi connectivity index (χ2n) is 8.78. The Hall–Kier alpha value is -0.0400. The van der Waals surface area contributed by atoms with Crippen LogP contribution >= 0.6 is 0 Å². The first-order chi connectivity index (χ1) is 11.8. The van der Waals surface area contributed by atoms with Crippen molar-refractivity contribution >= 4 is 0 Å². The lowest BCUT2D eigenvalue weighted by Gasteiger charge is -2.38. The van der Waals surface area contributed by atoms with Crippen molar-refractivity contribution in [2.24, 2.45) is 23.7 Å². The van der Waals surface area contributed by atoms with E-state index in [9.17, 15) is 0 Å². The minimum absolute atomic E-state index is 0.866. The highest BCUT2D eigenvalue weighted by Crippen LogP contribution is 2.42. The van der Waals surface area contributed by atoms with Crippen LogP contribution in [-0.2, 0) is 4.74 Å². The fraction of sp³-hybridized carbons (Fsp3) is 1.00. The molecule has 0 heterocycles. The highest BCUT2D eigenvalue weighted by Gasteiger charge is 2.30. The molecule has 2 aliphatic carbocycles. The van der Waals surface area contributed by atoms with Gasteiger partial charge in [-0.05, 0) is 69.1 Å². The Morgan fingerprint density at radius 3 is 1.75 bits per heavy atom. The zero-order valence-electron chi connectivity index (χ0n) is 16.7. The molecule has 0 spiro atoms. The third kappa shape index (κ3) is 7.46. The van der Waals surface area contributed by atoms with E-state index in [-0.39, 0.29) is 0 Å². The summed E-state index contributed by atoms with van der Waals surface area (Å²) < 4.78 is 5.64. The monoisotopic (exact) mass is 336 g/mol. The molecule has 2 saturated carbocycles. The highest BCUT2D eigenvalue weighted by molar-refractivity contribution is 4.82. The first kappa shape index (κ1) is 20.3. The molecule has 0 unspecified atom stereocenters. The van der Waals surface area contributed by atoms with E-state index < -0.39 is 0 Å². The van der Waals surface area contributed by atoms with Gasteiger partial charge in [0, 0.05) is 13.2 Å². The van der Waals surface area contributed by atoms with Crippen molar-refractivity contribution in [1.29, 1.82) is 0 Å². The van der Waals surface area contributed by atoms with Gasteiger partial charge in [0.2, 0.25) is 0 Å². The Bertz CT molecular complexity index is 284. The zero-order chi connectivity index (χ0) is 17.0. The Morgan fingerprint density at radius 1 is 0.625 bits per heavy atom. The molecule has 0 N–H and O–H groups in total. The van der Waals surface area contributed by atoms with Crippen molar-refractivity contribution in [1.82, 2.24) is 0 Å². The largest absolute Gasteiger partial charge is 0.381 e. The maximum Gasteiger partial charge on any atom is 0.0494 e. The van der Waals surface area contributed by atoms with Crippen molar-refractivity contribution in [3.8, 4) is 0 Å². The van der Waals surface area contributed by atoms with Gasteiger partial charge in [-0.3, -0.25) is 0 Å². The molecule has 0 bridgehead atoms. The van der Waals surface area contributed by atoms with Gasteiger partial charge in [-0.25, -0.2) is 0 Å². The van der Waals surface area contributed by atoms with Crippen molar-refractivity contribution in [2.75, 3.05) is 13.2 Å². The minimum atomic E-state index is 0.866. The van der Waals surface area contributed by atoms with Crippen LogP contribution in [0.1, 0.15) is 110 Å². The molecular weight excluding hydrogens is 292 g/mol. The van der Waals surface area contributed by atoms with Gasteiger partial charge >= 0.3 is 0 Å². The van der Waals surface area contributed by atoms with Gasteiger partial charge in [0.25, 0.3) is 0 Å². The molecule has 2 fully saturated rings. The van der Waals surface area contributed by atoms with Crippen LogP contribution in [-0.4, -0.2) is 13.2 Å². The molecule has 2 rings (SSSR count). The lowest BCUT2D eigenvalue weighted by Crippen LogP contribution is -2.27. The molecule has 1 nitrogen and oxygen atoms in total. The molecule has 1 heteroatoms. The standard InChI is InChI=1S/C23H44O/c1-3-5-6-7-8-9-10-20-11-15-22(16-12-20)23-17-13-21(14-18-23)19-24-4-2/h20-23H,3-19H2,1-2H3/t20-,21-,22-,23-. The molecule has 0 atom stereocenters. The molecule has 2 aliphatic rings. The summed E-state index contributed by atoms with van der Waals surface area (Å²) in [7, 11) is 0. The molecule has 142 valence electrons. The van der Waals surface area contributed by atoms with Gasteiger partial charge in [-0.15, -0.1) is 0 Å². The lowest BCUT2D eigenvalue weighted by atomic mass is 9.69. The third-order valence-corrected chi connectivity index (χ3v) is 6.97. The molecule has 0 aliphatic heterocycles. The summed E-state index contributed by atoms with van der Waals surface area (Å²) in [5.74, 6) is 4.06. The normalized spacial score (nSPS) is 31.2. The smallest absolute Gasteiger partial charge is 0.0494 e. The Balaban J connectivity index is 1.52.